The van der Waals surface area contributed by atoms with Crippen molar-refractivity contribution in [3.63, 3.8) is 0 Å². The summed E-state index contributed by atoms with van der Waals surface area (Å²) >= 11 is 0. The molecule has 6 heteroatoms. The molecule has 3 rings (SSSR count). The molecule has 0 aromatic carbocycles. The van der Waals surface area contributed by atoms with Gasteiger partial charge in [-0.3, -0.25) is 9.80 Å². The molecule has 0 aromatic rings. The van der Waals surface area contributed by atoms with Gasteiger partial charge in [0.15, 0.2) is 0 Å². The summed E-state index contributed by atoms with van der Waals surface area (Å²) in [4.78, 5) is 9.74. The fourth-order valence-electron chi connectivity index (χ4n) is 5.69. The van der Waals surface area contributed by atoms with E-state index in [1.807, 2.05) is 0 Å². The van der Waals surface area contributed by atoms with Crippen LogP contribution in [0.25, 0.3) is 0 Å². The lowest BCUT2D eigenvalue weighted by molar-refractivity contribution is 0.00110. The molecule has 3 heterocycles. The third kappa shape index (κ3) is 7.75. The van der Waals surface area contributed by atoms with Gasteiger partial charge in [-0.25, -0.2) is 0 Å². The summed E-state index contributed by atoms with van der Waals surface area (Å²) in [5, 5.41) is 21.2. The molecule has 3 aliphatic rings. The van der Waals surface area contributed by atoms with Gasteiger partial charge in [0.25, 0.3) is 0 Å². The highest BCUT2D eigenvalue weighted by Gasteiger charge is 2.28. The Hall–Kier alpha value is -0.240. The van der Waals surface area contributed by atoms with Crippen molar-refractivity contribution < 1.29 is 10.2 Å². The molecule has 2 N–H and O–H groups in total. The summed E-state index contributed by atoms with van der Waals surface area (Å²) in [6.45, 7) is 17.6. The molecule has 3 saturated heterocycles. The molecular formula is C23H46N4O2. The van der Waals surface area contributed by atoms with Crippen molar-refractivity contribution in [2.24, 2.45) is 11.8 Å². The number of hydrogen-bond acceptors (Lipinski definition) is 6. The van der Waals surface area contributed by atoms with Gasteiger partial charge in [-0.2, -0.15) is 0 Å². The average Bonchev–Trinajstić information content (AvgIpc) is 2.64. The van der Waals surface area contributed by atoms with Gasteiger partial charge in [-0.05, 0) is 57.5 Å². The fourth-order valence-corrected chi connectivity index (χ4v) is 5.69. The van der Waals surface area contributed by atoms with Crippen LogP contribution in [0, 0.1) is 11.8 Å². The molecular weight excluding hydrogens is 364 g/mol. The van der Waals surface area contributed by atoms with Crippen LogP contribution in [0.1, 0.15) is 46.5 Å². The number of β-amino-alcohol motifs (C(OH)–C–C–N with tert-alkyl or cyclic N) is 2. The quantitative estimate of drug-likeness (QED) is 0.627. The number of nitrogens with zero attached hydrogens (tertiary/aromatic N) is 4. The minimum atomic E-state index is -0.263. The van der Waals surface area contributed by atoms with E-state index in [1.165, 1.54) is 25.7 Å². The molecule has 0 saturated carbocycles. The predicted octanol–water partition coefficient (Wildman–Crippen LogP) is 1.18. The van der Waals surface area contributed by atoms with E-state index in [1.54, 1.807) is 0 Å². The van der Waals surface area contributed by atoms with Gasteiger partial charge in [-0.15, -0.1) is 0 Å². The van der Waals surface area contributed by atoms with Crippen LogP contribution >= 0.6 is 0 Å². The molecule has 5 atom stereocenters. The minimum absolute atomic E-state index is 0.259. The summed E-state index contributed by atoms with van der Waals surface area (Å²) < 4.78 is 0. The third-order valence-electron chi connectivity index (χ3n) is 7.18. The molecule has 6 nitrogen and oxygen atoms in total. The maximum Gasteiger partial charge on any atom is 0.0793 e. The van der Waals surface area contributed by atoms with E-state index in [0.717, 1.165) is 83.8 Å². The second-order valence-electron chi connectivity index (χ2n) is 10.4. The molecule has 0 spiro atoms. The summed E-state index contributed by atoms with van der Waals surface area (Å²) in [6, 6.07) is 0.431. The van der Waals surface area contributed by atoms with Crippen molar-refractivity contribution in [1.29, 1.82) is 0 Å². The van der Waals surface area contributed by atoms with E-state index >= 15 is 0 Å². The number of aliphatic hydroxyl groups excluding tert-OH is 2. The largest absolute Gasteiger partial charge is 0.390 e. The zero-order chi connectivity index (χ0) is 20.8. The van der Waals surface area contributed by atoms with Crippen LogP contribution < -0.4 is 0 Å². The Morgan fingerprint density at radius 2 is 1.14 bits per heavy atom. The molecule has 0 radical (unpaired) electrons. The number of piperazine rings is 1. The Kier molecular flexibility index (Phi) is 9.21. The van der Waals surface area contributed by atoms with Crippen molar-refractivity contribution in [3.05, 3.63) is 0 Å². The maximum atomic E-state index is 10.6. The van der Waals surface area contributed by atoms with Crippen LogP contribution in [-0.4, -0.2) is 120 Å². The SMILES string of the molecule is C[C@@H]1CCCN(C[C@@H](O)CN2CCN(C[C@@H](O)CN3CCC[C@@H](C)C3)C[C@H]2C)C1. The molecule has 0 bridgehead atoms. The normalized spacial score (nSPS) is 33.6. The first kappa shape index (κ1) is 23.4. The molecule has 0 aliphatic carbocycles. The number of aliphatic hydroxyl groups is 2. The van der Waals surface area contributed by atoms with Gasteiger partial charge in [0.2, 0.25) is 0 Å². The van der Waals surface area contributed by atoms with Crippen LogP contribution in [0.4, 0.5) is 0 Å². The maximum absolute atomic E-state index is 10.6. The molecule has 170 valence electrons. The topological polar surface area (TPSA) is 53.4 Å². The summed E-state index contributed by atoms with van der Waals surface area (Å²) in [7, 11) is 0. The van der Waals surface area contributed by atoms with E-state index in [0.29, 0.717) is 6.04 Å². The third-order valence-corrected chi connectivity index (χ3v) is 7.18. The highest BCUT2D eigenvalue weighted by molar-refractivity contribution is 4.84. The Morgan fingerprint density at radius 3 is 1.62 bits per heavy atom. The van der Waals surface area contributed by atoms with Gasteiger partial charge < -0.3 is 20.0 Å². The molecule has 3 fully saturated rings. The van der Waals surface area contributed by atoms with E-state index in [4.69, 9.17) is 0 Å². The van der Waals surface area contributed by atoms with Crippen molar-refractivity contribution in [1.82, 2.24) is 19.6 Å². The molecule has 0 aromatic heterocycles. The van der Waals surface area contributed by atoms with E-state index in [9.17, 15) is 10.2 Å². The second-order valence-corrected chi connectivity index (χ2v) is 10.4. The summed E-state index contributed by atoms with van der Waals surface area (Å²) in [6.07, 6.45) is 4.67. The Labute approximate surface area is 178 Å². The van der Waals surface area contributed by atoms with Crippen LogP contribution in [0.5, 0.6) is 0 Å². The zero-order valence-electron chi connectivity index (χ0n) is 19.2. The first-order chi connectivity index (χ1) is 13.9. The first-order valence-electron chi connectivity index (χ1n) is 12.2. The number of hydrogen-bond donors (Lipinski definition) is 2. The van der Waals surface area contributed by atoms with Crippen molar-refractivity contribution in [2.45, 2.75) is 64.7 Å². The van der Waals surface area contributed by atoms with Gasteiger partial charge in [0.1, 0.15) is 0 Å². The smallest absolute Gasteiger partial charge is 0.0793 e. The van der Waals surface area contributed by atoms with Gasteiger partial charge in [0.05, 0.1) is 12.2 Å². The monoisotopic (exact) mass is 410 g/mol. The molecule has 0 amide bonds. The summed E-state index contributed by atoms with van der Waals surface area (Å²) in [5.41, 5.74) is 0. The Bertz CT molecular complexity index is 480. The highest BCUT2D eigenvalue weighted by atomic mass is 16.3. The standard InChI is InChI=1S/C23H46N4O2/c1-19-6-4-8-24(12-19)15-22(28)16-26-10-11-27(21(3)14-26)18-23(29)17-25-9-5-7-20(2)13-25/h19-23,28-29H,4-18H2,1-3H3/t19-,20-,21-,22+,23-/m1/s1. The lowest BCUT2D eigenvalue weighted by atomic mass is 10.00. The fraction of sp³-hybridized carbons (Fsp3) is 1.00. The van der Waals surface area contributed by atoms with E-state index < -0.39 is 0 Å². The lowest BCUT2D eigenvalue weighted by Crippen LogP contribution is -2.56. The van der Waals surface area contributed by atoms with Crippen LogP contribution in [0.3, 0.4) is 0 Å². The van der Waals surface area contributed by atoms with Crippen molar-refractivity contribution >= 4 is 0 Å². The second kappa shape index (κ2) is 11.4. The average molecular weight is 411 g/mol. The first-order valence-corrected chi connectivity index (χ1v) is 12.2. The lowest BCUT2D eigenvalue weighted by Gasteiger charge is -2.42. The molecule has 29 heavy (non-hydrogen) atoms. The van der Waals surface area contributed by atoms with Gasteiger partial charge in [-0.1, -0.05) is 13.8 Å². The molecule has 3 aliphatic heterocycles. The number of likely N-dealkylation sites (tertiary alicyclic amines) is 2. The highest BCUT2D eigenvalue weighted by Crippen LogP contribution is 2.18. The molecule has 0 unspecified atom stereocenters. The van der Waals surface area contributed by atoms with E-state index in [2.05, 4.69) is 40.4 Å². The van der Waals surface area contributed by atoms with Gasteiger partial charge >= 0.3 is 0 Å². The van der Waals surface area contributed by atoms with Crippen LogP contribution in [0.2, 0.25) is 0 Å². The Balaban J connectivity index is 1.35. The summed E-state index contributed by atoms with van der Waals surface area (Å²) in [5.74, 6) is 1.53. The van der Waals surface area contributed by atoms with Gasteiger partial charge in [0, 0.05) is 64.9 Å². The predicted molar refractivity (Wildman–Crippen MR) is 119 cm³/mol. The van der Waals surface area contributed by atoms with E-state index in [-0.39, 0.29) is 12.2 Å². The van der Waals surface area contributed by atoms with Crippen molar-refractivity contribution in [3.8, 4) is 0 Å². The number of rotatable bonds is 8. The van der Waals surface area contributed by atoms with Crippen LogP contribution in [-0.2, 0) is 0 Å². The zero-order valence-corrected chi connectivity index (χ0v) is 19.2. The Morgan fingerprint density at radius 1 is 0.655 bits per heavy atom. The van der Waals surface area contributed by atoms with Crippen LogP contribution in [0.15, 0.2) is 0 Å². The van der Waals surface area contributed by atoms with Crippen molar-refractivity contribution in [2.75, 3.05) is 72.0 Å². The number of piperidine rings is 2. The minimum Gasteiger partial charge on any atom is -0.390 e.